The summed E-state index contributed by atoms with van der Waals surface area (Å²) in [6.45, 7) is 0. The van der Waals surface area contributed by atoms with Crippen LogP contribution in [-0.4, -0.2) is 16.1 Å². The van der Waals surface area contributed by atoms with E-state index in [9.17, 15) is 9.18 Å². The number of hydrogen-bond donors (Lipinski definition) is 2. The summed E-state index contributed by atoms with van der Waals surface area (Å²) in [5.74, 6) is -2.17. The van der Waals surface area contributed by atoms with E-state index in [1.54, 1.807) is 12.1 Å². The van der Waals surface area contributed by atoms with Crippen molar-refractivity contribution in [3.63, 3.8) is 0 Å². The fourth-order valence-electron chi connectivity index (χ4n) is 2.06. The molecule has 2 heterocycles. The molecule has 7 heteroatoms. The molecule has 106 valence electrons. The van der Waals surface area contributed by atoms with E-state index < -0.39 is 23.2 Å². The Kier molecular flexibility index (Phi) is 3.27. The summed E-state index contributed by atoms with van der Waals surface area (Å²) in [6.07, 6.45) is 0. The third kappa shape index (κ3) is 2.12. The number of anilines is 1. The number of fused-ring (bicyclic) bond motifs is 1. The van der Waals surface area contributed by atoms with Crippen molar-refractivity contribution in [1.29, 1.82) is 0 Å². The number of benzene rings is 1. The van der Waals surface area contributed by atoms with E-state index in [4.69, 9.17) is 22.4 Å². The van der Waals surface area contributed by atoms with Crippen LogP contribution in [0.1, 0.15) is 10.5 Å². The highest BCUT2D eigenvalue weighted by Gasteiger charge is 2.22. The van der Waals surface area contributed by atoms with Gasteiger partial charge in [0.1, 0.15) is 5.69 Å². The second-order valence-electron chi connectivity index (χ2n) is 4.30. The van der Waals surface area contributed by atoms with Gasteiger partial charge >= 0.3 is 5.97 Å². The van der Waals surface area contributed by atoms with E-state index in [0.29, 0.717) is 5.56 Å². The number of halogens is 2. The molecule has 21 heavy (non-hydrogen) atoms. The first kappa shape index (κ1) is 13.8. The van der Waals surface area contributed by atoms with Crippen molar-refractivity contribution in [2.45, 2.75) is 0 Å². The van der Waals surface area contributed by atoms with Gasteiger partial charge in [-0.1, -0.05) is 29.8 Å². The highest BCUT2D eigenvalue weighted by atomic mass is 35.5. The third-order valence-corrected chi connectivity index (χ3v) is 4.40. The smallest absolute Gasteiger partial charge is 0.356 e. The van der Waals surface area contributed by atoms with E-state index in [-0.39, 0.29) is 10.7 Å². The Morgan fingerprint density at radius 2 is 2.14 bits per heavy atom. The van der Waals surface area contributed by atoms with Gasteiger partial charge in [-0.2, -0.15) is 0 Å². The van der Waals surface area contributed by atoms with E-state index in [2.05, 4.69) is 4.98 Å². The van der Waals surface area contributed by atoms with Crippen molar-refractivity contribution in [3.8, 4) is 11.3 Å². The SMILES string of the molecule is Nc1c(F)c(-c2cccc3ccsc23)nc(C(=O)O)c1Cl. The molecule has 3 aromatic rings. The van der Waals surface area contributed by atoms with Crippen LogP contribution in [0.25, 0.3) is 21.3 Å². The molecule has 1 aromatic carbocycles. The minimum absolute atomic E-state index is 0.109. The van der Waals surface area contributed by atoms with Crippen LogP contribution >= 0.6 is 22.9 Å². The Hall–Kier alpha value is -2.18. The quantitative estimate of drug-likeness (QED) is 0.746. The zero-order valence-electron chi connectivity index (χ0n) is 10.4. The summed E-state index contributed by atoms with van der Waals surface area (Å²) >= 11 is 7.16. The Labute approximate surface area is 127 Å². The van der Waals surface area contributed by atoms with E-state index in [1.807, 2.05) is 17.5 Å². The predicted octanol–water partition coefficient (Wildman–Crippen LogP) is 4.04. The van der Waals surface area contributed by atoms with Crippen molar-refractivity contribution in [2.24, 2.45) is 0 Å². The molecule has 3 rings (SSSR count). The average molecular weight is 323 g/mol. The lowest BCUT2D eigenvalue weighted by atomic mass is 10.1. The lowest BCUT2D eigenvalue weighted by Crippen LogP contribution is -2.08. The van der Waals surface area contributed by atoms with Crippen molar-refractivity contribution >= 4 is 44.7 Å². The van der Waals surface area contributed by atoms with Gasteiger partial charge in [0, 0.05) is 10.3 Å². The van der Waals surface area contributed by atoms with Crippen molar-refractivity contribution in [1.82, 2.24) is 4.98 Å². The maximum absolute atomic E-state index is 14.4. The Morgan fingerprint density at radius 3 is 2.86 bits per heavy atom. The number of aromatic nitrogens is 1. The molecule has 0 spiro atoms. The monoisotopic (exact) mass is 322 g/mol. The highest BCUT2D eigenvalue weighted by molar-refractivity contribution is 7.17. The molecule has 0 saturated heterocycles. The molecule has 0 radical (unpaired) electrons. The maximum Gasteiger partial charge on any atom is 0.356 e. The average Bonchev–Trinajstić information content (AvgIpc) is 2.93. The summed E-state index contributed by atoms with van der Waals surface area (Å²) in [5.41, 5.74) is 5.08. The first-order chi connectivity index (χ1) is 10.0. The topological polar surface area (TPSA) is 76.2 Å². The fourth-order valence-corrected chi connectivity index (χ4v) is 3.18. The Morgan fingerprint density at radius 1 is 1.38 bits per heavy atom. The number of carboxylic acids is 1. The van der Waals surface area contributed by atoms with Crippen LogP contribution in [0.3, 0.4) is 0 Å². The van der Waals surface area contributed by atoms with E-state index in [0.717, 1.165) is 10.1 Å². The molecule has 0 fully saturated rings. The molecule has 0 aliphatic heterocycles. The summed E-state index contributed by atoms with van der Waals surface area (Å²) in [6, 6.07) is 7.18. The summed E-state index contributed by atoms with van der Waals surface area (Å²) in [7, 11) is 0. The molecule has 3 N–H and O–H groups in total. The molecule has 0 aliphatic carbocycles. The number of nitrogens with zero attached hydrogens (tertiary/aromatic N) is 1. The van der Waals surface area contributed by atoms with Crippen LogP contribution < -0.4 is 5.73 Å². The summed E-state index contributed by atoms with van der Waals surface area (Å²) in [5, 5.41) is 11.5. The molecular weight excluding hydrogens is 315 g/mol. The van der Waals surface area contributed by atoms with Crippen LogP contribution in [0.4, 0.5) is 10.1 Å². The van der Waals surface area contributed by atoms with Crippen LogP contribution in [0.15, 0.2) is 29.6 Å². The second-order valence-corrected chi connectivity index (χ2v) is 5.59. The minimum Gasteiger partial charge on any atom is -0.476 e. The molecule has 0 unspecified atom stereocenters. The van der Waals surface area contributed by atoms with Crippen LogP contribution in [-0.2, 0) is 0 Å². The van der Waals surface area contributed by atoms with Gasteiger partial charge in [-0.3, -0.25) is 0 Å². The van der Waals surface area contributed by atoms with E-state index in [1.165, 1.54) is 11.3 Å². The lowest BCUT2D eigenvalue weighted by molar-refractivity contribution is 0.0691. The number of pyridine rings is 1. The number of hydrogen-bond acceptors (Lipinski definition) is 4. The summed E-state index contributed by atoms with van der Waals surface area (Å²) in [4.78, 5) is 15.0. The largest absolute Gasteiger partial charge is 0.476 e. The minimum atomic E-state index is -1.36. The number of aromatic carboxylic acids is 1. The zero-order valence-corrected chi connectivity index (χ0v) is 12.0. The molecule has 0 aliphatic rings. The molecule has 4 nitrogen and oxygen atoms in total. The third-order valence-electron chi connectivity index (χ3n) is 3.05. The zero-order chi connectivity index (χ0) is 15.1. The van der Waals surface area contributed by atoms with Crippen molar-refractivity contribution in [3.05, 3.63) is 46.2 Å². The number of carboxylic acid groups (broad SMARTS) is 1. The number of nitrogen functional groups attached to an aromatic ring is 1. The Bertz CT molecular complexity index is 879. The van der Waals surface area contributed by atoms with Crippen LogP contribution in [0.5, 0.6) is 0 Å². The standard InChI is InChI=1S/C14H8ClFN2O2S/c15-8-10(17)9(16)11(18-12(8)14(19)20)7-3-1-2-6-4-5-21-13(6)7/h1-5H,(H2,17,18)(H,19,20). The lowest BCUT2D eigenvalue weighted by Gasteiger charge is -2.10. The molecule has 2 aromatic heterocycles. The van der Waals surface area contributed by atoms with Gasteiger partial charge in [0.15, 0.2) is 11.5 Å². The van der Waals surface area contributed by atoms with Gasteiger partial charge in [0.25, 0.3) is 0 Å². The first-order valence-corrected chi connectivity index (χ1v) is 7.11. The van der Waals surface area contributed by atoms with Gasteiger partial charge < -0.3 is 10.8 Å². The van der Waals surface area contributed by atoms with E-state index >= 15 is 0 Å². The number of nitrogens with two attached hydrogens (primary N) is 1. The fraction of sp³-hybridized carbons (Fsp3) is 0. The predicted molar refractivity (Wildman–Crippen MR) is 81.4 cm³/mol. The number of carbonyl (C=O) groups is 1. The highest BCUT2D eigenvalue weighted by Crippen LogP contribution is 2.37. The molecule has 0 atom stereocenters. The van der Waals surface area contributed by atoms with Crippen molar-refractivity contribution < 1.29 is 14.3 Å². The molecule has 0 bridgehead atoms. The summed E-state index contributed by atoms with van der Waals surface area (Å²) < 4.78 is 15.2. The van der Waals surface area contributed by atoms with Crippen LogP contribution in [0, 0.1) is 5.82 Å². The number of thiophene rings is 1. The molecular formula is C14H8ClFN2O2S. The maximum atomic E-state index is 14.4. The van der Waals surface area contributed by atoms with Crippen LogP contribution in [0.2, 0.25) is 5.02 Å². The Balaban J connectivity index is 2.37. The molecule has 0 saturated carbocycles. The van der Waals surface area contributed by atoms with Gasteiger partial charge in [0.05, 0.1) is 10.7 Å². The van der Waals surface area contributed by atoms with Gasteiger partial charge in [-0.05, 0) is 16.8 Å². The van der Waals surface area contributed by atoms with Gasteiger partial charge in [-0.25, -0.2) is 14.2 Å². The number of rotatable bonds is 2. The second kappa shape index (κ2) is 4.98. The van der Waals surface area contributed by atoms with Gasteiger partial charge in [-0.15, -0.1) is 11.3 Å². The molecule has 0 amide bonds. The first-order valence-electron chi connectivity index (χ1n) is 5.85. The van der Waals surface area contributed by atoms with Crippen molar-refractivity contribution in [2.75, 3.05) is 5.73 Å². The normalized spacial score (nSPS) is 11.0. The van der Waals surface area contributed by atoms with Gasteiger partial charge in [0.2, 0.25) is 0 Å².